The summed E-state index contributed by atoms with van der Waals surface area (Å²) in [5, 5.41) is 8.95. The summed E-state index contributed by atoms with van der Waals surface area (Å²) >= 11 is 3.02. The standard InChI is InChI=1S/C13H13BrFNO4S/c1-8-3-2-4-16(7-8)21(19,20)11-6-9(14)5-10(12(11)15)13(17)18/h3,5-6H,2,4,7H2,1H3,(H,17,18). The lowest BCUT2D eigenvalue weighted by Gasteiger charge is -2.25. The number of halogens is 2. The zero-order valence-electron chi connectivity index (χ0n) is 11.1. The first kappa shape index (κ1) is 16.1. The predicted octanol–water partition coefficient (Wildman–Crippen LogP) is 2.63. The lowest BCUT2D eigenvalue weighted by molar-refractivity contribution is 0.0691. The minimum Gasteiger partial charge on any atom is -0.478 e. The Morgan fingerprint density at radius 2 is 2.10 bits per heavy atom. The number of carbonyl (C=O) groups is 1. The molecule has 1 aromatic rings. The second-order valence-electron chi connectivity index (χ2n) is 4.75. The minimum absolute atomic E-state index is 0.177. The van der Waals surface area contributed by atoms with Gasteiger partial charge in [0.15, 0.2) is 5.82 Å². The number of hydrogen-bond donors (Lipinski definition) is 1. The quantitative estimate of drug-likeness (QED) is 0.821. The lowest BCUT2D eigenvalue weighted by Crippen LogP contribution is -2.36. The number of carboxylic acid groups (broad SMARTS) is 1. The van der Waals surface area contributed by atoms with Crippen LogP contribution in [-0.4, -0.2) is 36.9 Å². The predicted molar refractivity (Wildman–Crippen MR) is 78.2 cm³/mol. The van der Waals surface area contributed by atoms with Crippen LogP contribution in [-0.2, 0) is 10.0 Å². The number of aromatic carboxylic acids is 1. The molecule has 0 bridgehead atoms. The number of rotatable bonds is 3. The van der Waals surface area contributed by atoms with E-state index in [1.807, 2.05) is 6.08 Å². The maximum atomic E-state index is 14.2. The van der Waals surface area contributed by atoms with Crippen LogP contribution in [0.15, 0.2) is 33.2 Å². The molecule has 0 atom stereocenters. The van der Waals surface area contributed by atoms with Gasteiger partial charge in [0.1, 0.15) is 4.90 Å². The fourth-order valence-electron chi connectivity index (χ4n) is 2.13. The Labute approximate surface area is 130 Å². The molecule has 0 radical (unpaired) electrons. The first-order valence-electron chi connectivity index (χ1n) is 6.11. The van der Waals surface area contributed by atoms with E-state index in [9.17, 15) is 17.6 Å². The van der Waals surface area contributed by atoms with Gasteiger partial charge < -0.3 is 5.11 Å². The van der Waals surface area contributed by atoms with E-state index in [2.05, 4.69) is 15.9 Å². The molecular formula is C13H13BrFNO4S. The summed E-state index contributed by atoms with van der Waals surface area (Å²) in [6.07, 6.45) is 2.47. The second-order valence-corrected chi connectivity index (χ2v) is 7.57. The van der Waals surface area contributed by atoms with E-state index in [4.69, 9.17) is 5.11 Å². The van der Waals surface area contributed by atoms with Crippen molar-refractivity contribution in [1.29, 1.82) is 0 Å². The van der Waals surface area contributed by atoms with Gasteiger partial charge in [-0.15, -0.1) is 0 Å². The molecule has 0 aromatic heterocycles. The van der Waals surface area contributed by atoms with Crippen molar-refractivity contribution in [3.63, 3.8) is 0 Å². The summed E-state index contributed by atoms with van der Waals surface area (Å²) in [5.41, 5.74) is 0.200. The molecule has 1 N–H and O–H groups in total. The molecule has 0 saturated heterocycles. The van der Waals surface area contributed by atoms with Crippen LogP contribution >= 0.6 is 15.9 Å². The first-order chi connectivity index (χ1) is 9.73. The summed E-state index contributed by atoms with van der Waals surface area (Å²) in [6.45, 7) is 2.21. The van der Waals surface area contributed by atoms with Crippen molar-refractivity contribution in [3.05, 3.63) is 39.6 Å². The second kappa shape index (κ2) is 5.86. The Hall–Kier alpha value is -1.25. The number of hydrogen-bond acceptors (Lipinski definition) is 3. The molecule has 1 aliphatic heterocycles. The Morgan fingerprint density at radius 3 is 2.67 bits per heavy atom. The molecular weight excluding hydrogens is 365 g/mol. The molecule has 0 saturated carbocycles. The molecule has 2 rings (SSSR count). The van der Waals surface area contributed by atoms with E-state index in [0.29, 0.717) is 6.42 Å². The van der Waals surface area contributed by atoms with Gasteiger partial charge in [0.25, 0.3) is 0 Å². The van der Waals surface area contributed by atoms with Crippen molar-refractivity contribution in [2.75, 3.05) is 13.1 Å². The first-order valence-corrected chi connectivity index (χ1v) is 8.35. The van der Waals surface area contributed by atoms with Gasteiger partial charge in [-0.05, 0) is 25.5 Å². The van der Waals surface area contributed by atoms with E-state index in [1.54, 1.807) is 6.92 Å². The maximum absolute atomic E-state index is 14.2. The Morgan fingerprint density at radius 1 is 1.43 bits per heavy atom. The van der Waals surface area contributed by atoms with Crippen LogP contribution in [0, 0.1) is 5.82 Å². The largest absolute Gasteiger partial charge is 0.478 e. The number of carboxylic acids is 1. The molecule has 1 heterocycles. The fraction of sp³-hybridized carbons (Fsp3) is 0.308. The van der Waals surface area contributed by atoms with Crippen LogP contribution in [0.25, 0.3) is 0 Å². The summed E-state index contributed by atoms with van der Waals surface area (Å²) in [6, 6.07) is 2.13. The van der Waals surface area contributed by atoms with Crippen molar-refractivity contribution in [1.82, 2.24) is 4.31 Å². The van der Waals surface area contributed by atoms with Crippen molar-refractivity contribution < 1.29 is 22.7 Å². The molecule has 114 valence electrons. The van der Waals surface area contributed by atoms with Gasteiger partial charge >= 0.3 is 5.97 Å². The minimum atomic E-state index is -4.08. The van der Waals surface area contributed by atoms with Crippen LogP contribution in [0.3, 0.4) is 0 Å². The summed E-state index contributed by atoms with van der Waals surface area (Å²) in [5.74, 6) is -2.75. The van der Waals surface area contributed by atoms with E-state index in [0.717, 1.165) is 22.0 Å². The molecule has 5 nitrogen and oxygen atoms in total. The third-order valence-electron chi connectivity index (χ3n) is 3.15. The fourth-order valence-corrected chi connectivity index (χ4v) is 4.35. The van der Waals surface area contributed by atoms with Crippen LogP contribution < -0.4 is 0 Å². The van der Waals surface area contributed by atoms with Crippen LogP contribution in [0.4, 0.5) is 4.39 Å². The van der Waals surface area contributed by atoms with Gasteiger partial charge in [-0.3, -0.25) is 0 Å². The molecule has 21 heavy (non-hydrogen) atoms. The van der Waals surface area contributed by atoms with Crippen molar-refractivity contribution in [2.24, 2.45) is 0 Å². The molecule has 1 aromatic carbocycles. The van der Waals surface area contributed by atoms with Crippen molar-refractivity contribution >= 4 is 31.9 Å². The van der Waals surface area contributed by atoms with Gasteiger partial charge in [-0.2, -0.15) is 4.31 Å². The molecule has 8 heteroatoms. The molecule has 0 spiro atoms. The summed E-state index contributed by atoms with van der Waals surface area (Å²) in [7, 11) is -4.08. The van der Waals surface area contributed by atoms with Crippen LogP contribution in [0.2, 0.25) is 0 Å². The van der Waals surface area contributed by atoms with Crippen LogP contribution in [0.1, 0.15) is 23.7 Å². The third-order valence-corrected chi connectivity index (χ3v) is 5.45. The highest BCUT2D eigenvalue weighted by atomic mass is 79.9. The van der Waals surface area contributed by atoms with E-state index in [1.165, 1.54) is 0 Å². The van der Waals surface area contributed by atoms with Gasteiger partial charge in [0.05, 0.1) is 5.56 Å². The Balaban J connectivity index is 2.55. The number of nitrogens with zero attached hydrogens (tertiary/aromatic N) is 1. The highest BCUT2D eigenvalue weighted by Crippen LogP contribution is 2.28. The topological polar surface area (TPSA) is 74.7 Å². The molecule has 1 aliphatic rings. The Bertz CT molecular complexity index is 730. The van der Waals surface area contributed by atoms with Crippen molar-refractivity contribution in [3.8, 4) is 0 Å². The van der Waals surface area contributed by atoms with E-state index >= 15 is 0 Å². The number of benzene rings is 1. The Kier molecular flexibility index (Phi) is 4.50. The van der Waals surface area contributed by atoms with Crippen LogP contribution in [0.5, 0.6) is 0 Å². The van der Waals surface area contributed by atoms with Gasteiger partial charge in [-0.1, -0.05) is 27.6 Å². The van der Waals surface area contributed by atoms with Gasteiger partial charge in [0.2, 0.25) is 10.0 Å². The average Bonchev–Trinajstić information content (AvgIpc) is 2.40. The van der Waals surface area contributed by atoms with Gasteiger partial charge in [0, 0.05) is 17.6 Å². The summed E-state index contributed by atoms with van der Waals surface area (Å²) in [4.78, 5) is 10.4. The lowest BCUT2D eigenvalue weighted by atomic mass is 10.2. The third kappa shape index (κ3) is 3.17. The monoisotopic (exact) mass is 377 g/mol. The molecule has 0 fully saturated rings. The van der Waals surface area contributed by atoms with E-state index < -0.39 is 32.3 Å². The SMILES string of the molecule is CC1=CCCN(S(=O)(=O)c2cc(Br)cc(C(=O)O)c2F)C1. The zero-order valence-corrected chi connectivity index (χ0v) is 13.5. The van der Waals surface area contributed by atoms with Gasteiger partial charge in [-0.25, -0.2) is 17.6 Å². The normalized spacial score (nSPS) is 16.6. The smallest absolute Gasteiger partial charge is 0.338 e. The maximum Gasteiger partial charge on any atom is 0.338 e. The molecule has 0 amide bonds. The summed E-state index contributed by atoms with van der Waals surface area (Å²) < 4.78 is 40.6. The molecule has 0 unspecified atom stereocenters. The number of sulfonamides is 1. The molecule has 0 aliphatic carbocycles. The zero-order chi connectivity index (χ0) is 15.8. The highest BCUT2D eigenvalue weighted by Gasteiger charge is 2.31. The highest BCUT2D eigenvalue weighted by molar-refractivity contribution is 9.10. The van der Waals surface area contributed by atoms with E-state index in [-0.39, 0.29) is 17.6 Å². The van der Waals surface area contributed by atoms with Crippen molar-refractivity contribution in [2.45, 2.75) is 18.2 Å². The average molecular weight is 378 g/mol.